The van der Waals surface area contributed by atoms with Gasteiger partial charge in [0.1, 0.15) is 0 Å². The Morgan fingerprint density at radius 2 is 2.12 bits per heavy atom. The molecule has 0 amide bonds. The maximum atomic E-state index is 9.49. The Morgan fingerprint density at radius 3 is 2.53 bits per heavy atom. The number of hydrogen-bond acceptors (Lipinski definition) is 3. The molecule has 0 aliphatic rings. The molecule has 0 radical (unpaired) electrons. The number of nitrogens with one attached hydrogen (secondary N) is 1. The van der Waals surface area contributed by atoms with Crippen LogP contribution in [0.15, 0.2) is 6.07 Å². The minimum absolute atomic E-state index is 0.143. The number of aliphatic hydroxyl groups excluding tert-OH is 1. The summed E-state index contributed by atoms with van der Waals surface area (Å²) in [6, 6.07) is 2.44. The lowest BCUT2D eigenvalue weighted by molar-refractivity contribution is 0.150. The predicted molar refractivity (Wildman–Crippen MR) is 70.1 cm³/mol. The van der Waals surface area contributed by atoms with E-state index in [-0.39, 0.29) is 12.1 Å². The summed E-state index contributed by atoms with van der Waals surface area (Å²) in [5.74, 6) is 0. The Hall–Kier alpha value is -0.870. The molecule has 0 aliphatic carbocycles. The van der Waals surface area contributed by atoms with Crippen LogP contribution in [0.1, 0.15) is 38.6 Å². The Balaban J connectivity index is 2.61. The van der Waals surface area contributed by atoms with Crippen molar-refractivity contribution >= 4 is 0 Å². The van der Waals surface area contributed by atoms with Crippen LogP contribution in [0.25, 0.3) is 0 Å². The number of aryl methyl sites for hydroxylation is 3. The molecule has 1 rings (SSSR count). The van der Waals surface area contributed by atoms with E-state index < -0.39 is 0 Å². The van der Waals surface area contributed by atoms with Gasteiger partial charge in [0, 0.05) is 23.8 Å². The lowest BCUT2D eigenvalue weighted by Gasteiger charge is -2.31. The van der Waals surface area contributed by atoms with Gasteiger partial charge >= 0.3 is 0 Å². The molecule has 0 fully saturated rings. The fourth-order valence-corrected chi connectivity index (χ4v) is 2.15. The van der Waals surface area contributed by atoms with Crippen molar-refractivity contribution in [3.63, 3.8) is 0 Å². The molecular formula is C13H25N3O. The molecule has 17 heavy (non-hydrogen) atoms. The van der Waals surface area contributed by atoms with E-state index in [0.717, 1.165) is 18.7 Å². The normalized spacial score (nSPS) is 15.2. The van der Waals surface area contributed by atoms with Crippen LogP contribution in [-0.2, 0) is 6.54 Å². The van der Waals surface area contributed by atoms with Gasteiger partial charge in [-0.05, 0) is 33.3 Å². The van der Waals surface area contributed by atoms with E-state index in [1.54, 1.807) is 0 Å². The van der Waals surface area contributed by atoms with Gasteiger partial charge in [-0.2, -0.15) is 5.10 Å². The van der Waals surface area contributed by atoms with Crippen molar-refractivity contribution in [3.8, 4) is 0 Å². The Bertz CT molecular complexity index is 360. The molecule has 98 valence electrons. The summed E-state index contributed by atoms with van der Waals surface area (Å²) in [4.78, 5) is 0. The molecule has 1 heterocycles. The van der Waals surface area contributed by atoms with Crippen molar-refractivity contribution in [1.82, 2.24) is 15.1 Å². The average molecular weight is 239 g/mol. The summed E-state index contributed by atoms with van der Waals surface area (Å²) < 4.78 is 2.01. The molecule has 1 aromatic rings. The molecule has 0 bridgehead atoms. The molecule has 1 aromatic heterocycles. The van der Waals surface area contributed by atoms with Gasteiger partial charge in [-0.3, -0.25) is 4.68 Å². The van der Waals surface area contributed by atoms with E-state index >= 15 is 0 Å². The zero-order valence-corrected chi connectivity index (χ0v) is 11.6. The van der Waals surface area contributed by atoms with Gasteiger partial charge < -0.3 is 10.4 Å². The van der Waals surface area contributed by atoms with Crippen LogP contribution in [0.5, 0.6) is 0 Å². The number of aromatic nitrogens is 2. The summed E-state index contributed by atoms with van der Waals surface area (Å²) in [6.07, 6.45) is 0.865. The third kappa shape index (κ3) is 4.13. The molecule has 0 saturated heterocycles. The van der Waals surface area contributed by atoms with E-state index in [1.165, 1.54) is 5.69 Å². The summed E-state index contributed by atoms with van der Waals surface area (Å²) in [7, 11) is 0. The number of rotatable bonds is 6. The lowest BCUT2D eigenvalue weighted by Crippen LogP contribution is -2.49. The fraction of sp³-hybridized carbons (Fsp3) is 0.769. The van der Waals surface area contributed by atoms with E-state index in [4.69, 9.17) is 0 Å². The molecule has 0 spiro atoms. The van der Waals surface area contributed by atoms with Crippen molar-refractivity contribution in [2.45, 2.75) is 59.2 Å². The zero-order chi connectivity index (χ0) is 13.1. The SMILES string of the molecule is Cc1cc(C)n(CCC(C)(CO)NC(C)C)n1. The zero-order valence-electron chi connectivity index (χ0n) is 11.6. The molecule has 1 unspecified atom stereocenters. The highest BCUT2D eigenvalue weighted by molar-refractivity contribution is 5.06. The van der Waals surface area contributed by atoms with Gasteiger partial charge in [-0.25, -0.2) is 0 Å². The molecule has 4 heteroatoms. The van der Waals surface area contributed by atoms with Gasteiger partial charge in [-0.1, -0.05) is 13.8 Å². The molecule has 0 saturated carbocycles. The Labute approximate surface area is 104 Å². The second kappa shape index (κ2) is 5.65. The highest BCUT2D eigenvalue weighted by atomic mass is 16.3. The number of aliphatic hydroxyl groups is 1. The minimum Gasteiger partial charge on any atom is -0.394 e. The van der Waals surface area contributed by atoms with Crippen LogP contribution >= 0.6 is 0 Å². The molecule has 0 aliphatic heterocycles. The molecular weight excluding hydrogens is 214 g/mol. The Morgan fingerprint density at radius 1 is 1.47 bits per heavy atom. The van der Waals surface area contributed by atoms with Crippen molar-refractivity contribution in [2.75, 3.05) is 6.61 Å². The highest BCUT2D eigenvalue weighted by Gasteiger charge is 2.23. The van der Waals surface area contributed by atoms with Crippen LogP contribution < -0.4 is 5.32 Å². The Kier molecular flexibility index (Phi) is 4.71. The highest BCUT2D eigenvalue weighted by Crippen LogP contribution is 2.13. The number of hydrogen-bond donors (Lipinski definition) is 2. The van der Waals surface area contributed by atoms with Gasteiger partial charge in [-0.15, -0.1) is 0 Å². The lowest BCUT2D eigenvalue weighted by atomic mass is 9.98. The van der Waals surface area contributed by atoms with E-state index in [2.05, 4.69) is 44.2 Å². The van der Waals surface area contributed by atoms with Crippen molar-refractivity contribution in [3.05, 3.63) is 17.5 Å². The predicted octanol–water partition coefficient (Wildman–Crippen LogP) is 1.64. The van der Waals surface area contributed by atoms with Crippen molar-refractivity contribution < 1.29 is 5.11 Å². The van der Waals surface area contributed by atoms with Gasteiger partial charge in [0.15, 0.2) is 0 Å². The van der Waals surface area contributed by atoms with Crippen molar-refractivity contribution in [2.24, 2.45) is 0 Å². The third-order valence-corrected chi connectivity index (χ3v) is 2.96. The van der Waals surface area contributed by atoms with E-state index in [0.29, 0.717) is 6.04 Å². The largest absolute Gasteiger partial charge is 0.394 e. The number of nitrogens with zero attached hydrogens (tertiary/aromatic N) is 2. The summed E-state index contributed by atoms with van der Waals surface area (Å²) >= 11 is 0. The monoisotopic (exact) mass is 239 g/mol. The first-order valence-corrected chi connectivity index (χ1v) is 6.26. The minimum atomic E-state index is -0.236. The third-order valence-electron chi connectivity index (χ3n) is 2.96. The standard InChI is InChI=1S/C13H25N3O/c1-10(2)14-13(5,9-17)6-7-16-12(4)8-11(3)15-16/h8,10,14,17H,6-7,9H2,1-5H3. The maximum Gasteiger partial charge on any atom is 0.0611 e. The summed E-state index contributed by atoms with van der Waals surface area (Å²) in [6.45, 7) is 11.3. The summed E-state index contributed by atoms with van der Waals surface area (Å²) in [5.41, 5.74) is 1.98. The summed E-state index contributed by atoms with van der Waals surface area (Å²) in [5, 5.41) is 17.3. The smallest absolute Gasteiger partial charge is 0.0611 e. The van der Waals surface area contributed by atoms with Crippen LogP contribution in [0.3, 0.4) is 0 Å². The van der Waals surface area contributed by atoms with Crippen LogP contribution in [0.2, 0.25) is 0 Å². The average Bonchev–Trinajstić information content (AvgIpc) is 2.53. The first kappa shape index (κ1) is 14.2. The van der Waals surface area contributed by atoms with Gasteiger partial charge in [0.25, 0.3) is 0 Å². The van der Waals surface area contributed by atoms with Gasteiger partial charge in [0.2, 0.25) is 0 Å². The van der Waals surface area contributed by atoms with E-state index in [9.17, 15) is 5.11 Å². The van der Waals surface area contributed by atoms with Crippen LogP contribution in [0.4, 0.5) is 0 Å². The fourth-order valence-electron chi connectivity index (χ4n) is 2.15. The quantitative estimate of drug-likeness (QED) is 0.793. The maximum absolute atomic E-state index is 9.49. The van der Waals surface area contributed by atoms with Crippen LogP contribution in [-0.4, -0.2) is 33.1 Å². The second-order valence-corrected chi connectivity index (χ2v) is 5.42. The van der Waals surface area contributed by atoms with Gasteiger partial charge in [0.05, 0.1) is 12.3 Å². The van der Waals surface area contributed by atoms with E-state index in [1.807, 2.05) is 11.6 Å². The first-order valence-electron chi connectivity index (χ1n) is 6.26. The van der Waals surface area contributed by atoms with Crippen LogP contribution in [0, 0.1) is 13.8 Å². The van der Waals surface area contributed by atoms with Crippen molar-refractivity contribution in [1.29, 1.82) is 0 Å². The second-order valence-electron chi connectivity index (χ2n) is 5.42. The molecule has 4 nitrogen and oxygen atoms in total. The first-order chi connectivity index (χ1) is 7.86. The molecule has 2 N–H and O–H groups in total. The molecule has 0 aromatic carbocycles. The topological polar surface area (TPSA) is 50.1 Å². The molecule has 1 atom stereocenters.